The number of amides is 2. The molecule has 2 aromatic rings. The van der Waals surface area contributed by atoms with Gasteiger partial charge in [-0.3, -0.25) is 9.59 Å². The van der Waals surface area contributed by atoms with E-state index in [2.05, 4.69) is 10.6 Å². The van der Waals surface area contributed by atoms with Crippen molar-refractivity contribution >= 4 is 46.6 Å². The van der Waals surface area contributed by atoms with Crippen molar-refractivity contribution in [1.29, 1.82) is 0 Å². The van der Waals surface area contributed by atoms with Crippen molar-refractivity contribution in [1.82, 2.24) is 0 Å². The van der Waals surface area contributed by atoms with Crippen LogP contribution in [-0.4, -0.2) is 17.1 Å². The molecule has 2 atom stereocenters. The zero-order valence-electron chi connectivity index (χ0n) is 13.9. The second-order valence-corrected chi connectivity index (χ2v) is 7.58. The normalized spacial score (nSPS) is 17.7. The van der Waals surface area contributed by atoms with Crippen LogP contribution in [0.25, 0.3) is 0 Å². The molecule has 2 amide bonds. The molecule has 0 spiro atoms. The number of fused-ring (bicyclic) bond motifs is 1. The summed E-state index contributed by atoms with van der Waals surface area (Å²) in [6.45, 7) is 1.54. The van der Waals surface area contributed by atoms with Gasteiger partial charge in [0, 0.05) is 4.90 Å². The number of rotatable bonds is 3. The summed E-state index contributed by atoms with van der Waals surface area (Å²) in [7, 11) is 0. The third-order valence-electron chi connectivity index (χ3n) is 4.08. The molecule has 4 nitrogen and oxygen atoms in total. The number of hydrogen-bond donors (Lipinski definition) is 2. The van der Waals surface area contributed by atoms with Crippen molar-refractivity contribution in [2.45, 2.75) is 23.2 Å². The quantitative estimate of drug-likeness (QED) is 0.739. The first-order valence-corrected chi connectivity index (χ1v) is 9.17. The number of alkyl halides is 3. The molecule has 0 aromatic heterocycles. The topological polar surface area (TPSA) is 58.2 Å². The molecule has 0 radical (unpaired) electrons. The number of hydrogen-bond acceptors (Lipinski definition) is 3. The molecule has 1 aliphatic rings. The summed E-state index contributed by atoms with van der Waals surface area (Å²) >= 11 is 7.15. The lowest BCUT2D eigenvalue weighted by molar-refractivity contribution is -0.137. The molecule has 9 heteroatoms. The zero-order valence-corrected chi connectivity index (χ0v) is 15.5. The maximum absolute atomic E-state index is 12.9. The zero-order chi connectivity index (χ0) is 19.8. The van der Waals surface area contributed by atoms with Crippen molar-refractivity contribution in [3.8, 4) is 0 Å². The van der Waals surface area contributed by atoms with Gasteiger partial charge in [-0.15, -0.1) is 11.8 Å². The molecule has 0 bridgehead atoms. The summed E-state index contributed by atoms with van der Waals surface area (Å²) < 4.78 is 38.6. The number of benzene rings is 2. The van der Waals surface area contributed by atoms with E-state index in [0.717, 1.165) is 23.1 Å². The summed E-state index contributed by atoms with van der Waals surface area (Å²) in [4.78, 5) is 25.7. The Morgan fingerprint density at radius 2 is 1.96 bits per heavy atom. The van der Waals surface area contributed by atoms with Gasteiger partial charge >= 0.3 is 6.18 Å². The highest BCUT2D eigenvalue weighted by Gasteiger charge is 2.36. The summed E-state index contributed by atoms with van der Waals surface area (Å²) in [5, 5.41) is 4.40. The summed E-state index contributed by atoms with van der Waals surface area (Å²) in [6, 6.07) is 9.85. The van der Waals surface area contributed by atoms with Gasteiger partial charge in [0.2, 0.25) is 11.8 Å². The fourth-order valence-electron chi connectivity index (χ4n) is 2.58. The maximum Gasteiger partial charge on any atom is 0.416 e. The van der Waals surface area contributed by atoms with Gasteiger partial charge in [0.1, 0.15) is 0 Å². The minimum atomic E-state index is -4.56. The molecule has 2 aromatic carbocycles. The van der Waals surface area contributed by atoms with Crippen LogP contribution in [0.15, 0.2) is 47.4 Å². The van der Waals surface area contributed by atoms with Gasteiger partial charge in [0.15, 0.2) is 0 Å². The van der Waals surface area contributed by atoms with E-state index in [4.69, 9.17) is 11.6 Å². The van der Waals surface area contributed by atoms with Crippen LogP contribution in [0.2, 0.25) is 5.02 Å². The molecule has 0 fully saturated rings. The van der Waals surface area contributed by atoms with Crippen molar-refractivity contribution < 1.29 is 22.8 Å². The van der Waals surface area contributed by atoms with Crippen molar-refractivity contribution in [2.24, 2.45) is 5.92 Å². The van der Waals surface area contributed by atoms with Gasteiger partial charge < -0.3 is 10.6 Å². The average molecular weight is 415 g/mol. The van der Waals surface area contributed by atoms with E-state index in [1.54, 1.807) is 19.1 Å². The monoisotopic (exact) mass is 414 g/mol. The molecule has 2 unspecified atom stereocenters. The van der Waals surface area contributed by atoms with E-state index in [-0.39, 0.29) is 16.6 Å². The van der Waals surface area contributed by atoms with Gasteiger partial charge in [-0.25, -0.2) is 0 Å². The first kappa shape index (κ1) is 19.6. The fourth-order valence-corrected chi connectivity index (χ4v) is 3.91. The lowest BCUT2D eigenvalue weighted by atomic mass is 10.0. The Bertz CT molecular complexity index is 904. The Hall–Kier alpha value is -2.19. The van der Waals surface area contributed by atoms with E-state index >= 15 is 0 Å². The van der Waals surface area contributed by atoms with E-state index in [9.17, 15) is 22.8 Å². The molecular formula is C18H14ClF3N2O2S. The lowest BCUT2D eigenvalue weighted by Gasteiger charge is -2.27. The number of carbonyl (C=O) groups excluding carboxylic acids is 2. The minimum Gasteiger partial charge on any atom is -0.324 e. The molecule has 2 N–H and O–H groups in total. The van der Waals surface area contributed by atoms with Crippen LogP contribution in [-0.2, 0) is 15.8 Å². The van der Waals surface area contributed by atoms with Crippen molar-refractivity contribution in [3.05, 3.63) is 53.1 Å². The van der Waals surface area contributed by atoms with Crippen molar-refractivity contribution in [3.63, 3.8) is 0 Å². The Labute approximate surface area is 162 Å². The number of thioether (sulfide) groups is 1. The van der Waals surface area contributed by atoms with Crippen LogP contribution in [0.3, 0.4) is 0 Å². The first-order chi connectivity index (χ1) is 12.7. The summed E-state index contributed by atoms with van der Waals surface area (Å²) in [5.41, 5.74) is -0.407. The van der Waals surface area contributed by atoms with Crippen LogP contribution in [0.4, 0.5) is 24.5 Å². The van der Waals surface area contributed by atoms with Crippen LogP contribution in [0.1, 0.15) is 12.5 Å². The molecule has 142 valence electrons. The number of nitrogens with one attached hydrogen (secondary N) is 2. The number of anilines is 2. The average Bonchev–Trinajstić information content (AvgIpc) is 2.61. The summed E-state index contributed by atoms with van der Waals surface area (Å²) in [5.74, 6) is -1.73. The molecule has 0 aliphatic carbocycles. The molecular weight excluding hydrogens is 401 g/mol. The third-order valence-corrected chi connectivity index (χ3v) is 5.89. The molecule has 3 rings (SSSR count). The number of para-hydroxylation sites is 1. The molecule has 1 heterocycles. The molecule has 27 heavy (non-hydrogen) atoms. The Balaban J connectivity index is 1.78. The fraction of sp³-hybridized carbons (Fsp3) is 0.222. The minimum absolute atomic E-state index is 0.0188. The molecule has 0 saturated carbocycles. The highest BCUT2D eigenvalue weighted by atomic mass is 35.5. The predicted molar refractivity (Wildman–Crippen MR) is 99.0 cm³/mol. The van der Waals surface area contributed by atoms with Crippen LogP contribution in [0, 0.1) is 5.92 Å². The van der Waals surface area contributed by atoms with Crippen LogP contribution < -0.4 is 10.6 Å². The van der Waals surface area contributed by atoms with Gasteiger partial charge in [0.25, 0.3) is 0 Å². The SMILES string of the molecule is CC(C(=O)Nc1cc(C(F)(F)F)ccc1Cl)C1Sc2ccccc2NC1=O. The number of halogens is 4. The predicted octanol–water partition coefficient (Wildman–Crippen LogP) is 5.05. The van der Waals surface area contributed by atoms with Gasteiger partial charge in [0.05, 0.1) is 33.1 Å². The lowest BCUT2D eigenvalue weighted by Crippen LogP contribution is -2.39. The second kappa shape index (κ2) is 7.44. The highest BCUT2D eigenvalue weighted by molar-refractivity contribution is 8.01. The van der Waals surface area contributed by atoms with E-state index in [1.165, 1.54) is 11.8 Å². The Morgan fingerprint density at radius 1 is 1.26 bits per heavy atom. The first-order valence-electron chi connectivity index (χ1n) is 7.91. The maximum atomic E-state index is 12.9. The van der Waals surface area contributed by atoms with Gasteiger partial charge in [-0.1, -0.05) is 30.7 Å². The molecule has 1 aliphatic heterocycles. The van der Waals surface area contributed by atoms with Gasteiger partial charge in [-0.05, 0) is 30.3 Å². The number of carbonyl (C=O) groups is 2. The smallest absolute Gasteiger partial charge is 0.324 e. The van der Waals surface area contributed by atoms with Crippen LogP contribution >= 0.6 is 23.4 Å². The standard InChI is InChI=1S/C18H14ClF3N2O2S/c1-9(15-17(26)23-12-4-2-3-5-14(12)27-15)16(25)24-13-8-10(18(20,21)22)6-7-11(13)19/h2-9,15H,1H3,(H,23,26)(H,24,25). The Morgan fingerprint density at radius 3 is 2.67 bits per heavy atom. The largest absolute Gasteiger partial charge is 0.416 e. The Kier molecular flexibility index (Phi) is 5.39. The highest BCUT2D eigenvalue weighted by Crippen LogP contribution is 2.39. The second-order valence-electron chi connectivity index (χ2n) is 5.99. The van der Waals surface area contributed by atoms with Crippen molar-refractivity contribution in [2.75, 3.05) is 10.6 Å². The molecule has 0 saturated heterocycles. The van der Waals surface area contributed by atoms with Crippen LogP contribution in [0.5, 0.6) is 0 Å². The van der Waals surface area contributed by atoms with E-state index < -0.39 is 28.8 Å². The summed E-state index contributed by atoms with van der Waals surface area (Å²) in [6.07, 6.45) is -4.56. The van der Waals surface area contributed by atoms with E-state index in [0.29, 0.717) is 5.69 Å². The third kappa shape index (κ3) is 4.22. The van der Waals surface area contributed by atoms with Gasteiger partial charge in [-0.2, -0.15) is 13.2 Å². The van der Waals surface area contributed by atoms with E-state index in [1.807, 2.05) is 12.1 Å².